The summed E-state index contributed by atoms with van der Waals surface area (Å²) in [4.78, 5) is 24.3. The van der Waals surface area contributed by atoms with Crippen LogP contribution in [0.2, 0.25) is 10.0 Å². The van der Waals surface area contributed by atoms with Crippen LogP contribution in [0.5, 0.6) is 5.75 Å². The molecule has 0 heterocycles. The summed E-state index contributed by atoms with van der Waals surface area (Å²) >= 11 is 12.5. The molecule has 0 fully saturated rings. The lowest BCUT2D eigenvalue weighted by molar-refractivity contribution is -0.142. The third-order valence-electron chi connectivity index (χ3n) is 4.58. The molecule has 0 radical (unpaired) electrons. The Morgan fingerprint density at radius 1 is 1.23 bits per heavy atom. The minimum Gasteiger partial charge on any atom is -0.480 e. The quantitative estimate of drug-likeness (QED) is 0.719. The largest absolute Gasteiger partial charge is 0.480 e. The van der Waals surface area contributed by atoms with E-state index >= 15 is 0 Å². The molecule has 1 aliphatic rings. The van der Waals surface area contributed by atoms with Gasteiger partial charge in [-0.3, -0.25) is 4.79 Å². The first-order chi connectivity index (χ1) is 12.3. The van der Waals surface area contributed by atoms with Gasteiger partial charge in [0.2, 0.25) is 0 Å². The second-order valence-electron chi connectivity index (χ2n) is 6.25. The minimum atomic E-state index is -0.885. The highest BCUT2D eigenvalue weighted by Crippen LogP contribution is 2.47. The molecule has 0 aromatic heterocycles. The molecule has 7 heteroatoms. The predicted octanol–water partition coefficient (Wildman–Crippen LogP) is 4.38. The number of hydrogen-bond acceptors (Lipinski definition) is 4. The SMILES string of the molecule is COC(=O)COc1cc2c(c(Cl)c1Cl)C(=O)C(C)(c1ccc(F)cc1)C2. The maximum atomic E-state index is 13.2. The van der Waals surface area contributed by atoms with Crippen molar-refractivity contribution in [3.8, 4) is 5.75 Å². The van der Waals surface area contributed by atoms with E-state index in [2.05, 4.69) is 4.74 Å². The highest BCUT2D eigenvalue weighted by atomic mass is 35.5. The van der Waals surface area contributed by atoms with Gasteiger partial charge >= 0.3 is 5.97 Å². The van der Waals surface area contributed by atoms with Crippen LogP contribution in [-0.2, 0) is 21.4 Å². The van der Waals surface area contributed by atoms with Gasteiger partial charge in [-0.2, -0.15) is 0 Å². The van der Waals surface area contributed by atoms with Gasteiger partial charge in [0.05, 0.1) is 17.5 Å². The summed E-state index contributed by atoms with van der Waals surface area (Å²) in [6.07, 6.45) is 0.359. The van der Waals surface area contributed by atoms with E-state index in [1.807, 2.05) is 0 Å². The van der Waals surface area contributed by atoms with Crippen LogP contribution >= 0.6 is 23.2 Å². The van der Waals surface area contributed by atoms with E-state index < -0.39 is 11.4 Å². The summed E-state index contributed by atoms with van der Waals surface area (Å²) in [5.74, 6) is -0.924. The van der Waals surface area contributed by atoms with E-state index in [0.717, 1.165) is 0 Å². The second kappa shape index (κ2) is 6.89. The van der Waals surface area contributed by atoms with Crippen LogP contribution in [-0.4, -0.2) is 25.5 Å². The Bertz CT molecular complexity index is 895. The van der Waals surface area contributed by atoms with Crippen LogP contribution in [0.4, 0.5) is 4.39 Å². The van der Waals surface area contributed by atoms with E-state index in [1.54, 1.807) is 25.1 Å². The summed E-state index contributed by atoms with van der Waals surface area (Å²) in [6, 6.07) is 7.42. The third kappa shape index (κ3) is 3.06. The first-order valence-corrected chi connectivity index (χ1v) is 8.55. The van der Waals surface area contributed by atoms with Crippen LogP contribution in [0.15, 0.2) is 30.3 Å². The van der Waals surface area contributed by atoms with E-state index in [1.165, 1.54) is 19.2 Å². The van der Waals surface area contributed by atoms with Crippen molar-refractivity contribution in [1.29, 1.82) is 0 Å². The van der Waals surface area contributed by atoms with E-state index in [0.29, 0.717) is 23.1 Å². The number of Topliss-reactive ketones (excluding diaryl/α,β-unsaturated/α-hetero) is 1. The average Bonchev–Trinajstić information content (AvgIpc) is 2.88. The molecule has 1 aliphatic carbocycles. The Balaban J connectivity index is 2.00. The molecule has 26 heavy (non-hydrogen) atoms. The Morgan fingerprint density at radius 3 is 2.50 bits per heavy atom. The minimum absolute atomic E-state index is 0.0611. The maximum absolute atomic E-state index is 13.2. The molecule has 136 valence electrons. The summed E-state index contributed by atoms with van der Waals surface area (Å²) in [5.41, 5.74) is 0.790. The van der Waals surface area contributed by atoms with Crippen molar-refractivity contribution in [2.75, 3.05) is 13.7 Å². The van der Waals surface area contributed by atoms with Crippen molar-refractivity contribution in [2.45, 2.75) is 18.8 Å². The Morgan fingerprint density at radius 2 is 1.88 bits per heavy atom. The van der Waals surface area contributed by atoms with E-state index in [-0.39, 0.29) is 34.0 Å². The van der Waals surface area contributed by atoms with Crippen LogP contribution in [0.25, 0.3) is 0 Å². The molecule has 0 saturated carbocycles. The highest BCUT2D eigenvalue weighted by Gasteiger charge is 2.45. The van der Waals surface area contributed by atoms with Gasteiger partial charge in [0.25, 0.3) is 0 Å². The molecule has 1 unspecified atom stereocenters. The zero-order valence-electron chi connectivity index (χ0n) is 14.1. The van der Waals surface area contributed by atoms with Gasteiger partial charge in [0.15, 0.2) is 12.4 Å². The van der Waals surface area contributed by atoms with Crippen molar-refractivity contribution in [2.24, 2.45) is 0 Å². The number of carbonyl (C=O) groups excluding carboxylic acids is 2. The first-order valence-electron chi connectivity index (χ1n) is 7.79. The maximum Gasteiger partial charge on any atom is 0.343 e. The lowest BCUT2D eigenvalue weighted by Crippen LogP contribution is -2.29. The second-order valence-corrected chi connectivity index (χ2v) is 7.00. The third-order valence-corrected chi connectivity index (χ3v) is 5.43. The monoisotopic (exact) mass is 396 g/mol. The number of ketones is 1. The van der Waals surface area contributed by atoms with Crippen LogP contribution in [0.1, 0.15) is 28.4 Å². The average molecular weight is 397 g/mol. The molecular weight excluding hydrogens is 382 g/mol. The zero-order chi connectivity index (χ0) is 19.1. The van der Waals surface area contributed by atoms with Crippen molar-refractivity contribution in [3.63, 3.8) is 0 Å². The smallest absolute Gasteiger partial charge is 0.343 e. The molecule has 1 atom stereocenters. The molecule has 0 amide bonds. The van der Waals surface area contributed by atoms with Crippen molar-refractivity contribution >= 4 is 35.0 Å². The zero-order valence-corrected chi connectivity index (χ0v) is 15.6. The van der Waals surface area contributed by atoms with Crippen molar-refractivity contribution in [3.05, 3.63) is 62.9 Å². The number of fused-ring (bicyclic) bond motifs is 1. The Hall–Kier alpha value is -2.11. The van der Waals surface area contributed by atoms with Crippen LogP contribution in [0, 0.1) is 5.82 Å². The van der Waals surface area contributed by atoms with Gasteiger partial charge in [0.1, 0.15) is 16.6 Å². The Labute approximate surface area is 159 Å². The number of carbonyl (C=O) groups is 2. The van der Waals surface area contributed by atoms with Gasteiger partial charge in [-0.25, -0.2) is 9.18 Å². The topological polar surface area (TPSA) is 52.6 Å². The molecule has 2 aromatic carbocycles. The molecule has 4 nitrogen and oxygen atoms in total. The predicted molar refractivity (Wildman–Crippen MR) is 95.8 cm³/mol. The standard InChI is InChI=1S/C19H15Cl2FO4/c1-19(11-3-5-12(22)6-4-11)8-10-7-13(26-9-14(23)25-2)16(20)17(21)15(10)18(19)24/h3-7H,8-9H2,1-2H3. The van der Waals surface area contributed by atoms with Crippen LogP contribution < -0.4 is 4.74 Å². The van der Waals surface area contributed by atoms with Gasteiger partial charge < -0.3 is 9.47 Å². The van der Waals surface area contributed by atoms with Crippen LogP contribution in [0.3, 0.4) is 0 Å². The van der Waals surface area contributed by atoms with Crippen molar-refractivity contribution < 1.29 is 23.5 Å². The lowest BCUT2D eigenvalue weighted by atomic mass is 9.79. The van der Waals surface area contributed by atoms with Gasteiger partial charge in [-0.15, -0.1) is 0 Å². The fourth-order valence-corrected chi connectivity index (χ4v) is 3.63. The number of hydrogen-bond donors (Lipinski definition) is 0. The fourth-order valence-electron chi connectivity index (χ4n) is 3.13. The summed E-state index contributed by atoms with van der Waals surface area (Å²) in [6.45, 7) is 1.45. The number of halogens is 3. The number of esters is 1. The number of ether oxygens (including phenoxy) is 2. The molecule has 0 saturated heterocycles. The highest BCUT2D eigenvalue weighted by molar-refractivity contribution is 6.45. The van der Waals surface area contributed by atoms with E-state index in [4.69, 9.17) is 27.9 Å². The molecule has 0 bridgehead atoms. The van der Waals surface area contributed by atoms with Gasteiger partial charge in [-0.1, -0.05) is 35.3 Å². The lowest BCUT2D eigenvalue weighted by Gasteiger charge is -2.22. The van der Waals surface area contributed by atoms with Crippen molar-refractivity contribution in [1.82, 2.24) is 0 Å². The summed E-state index contributed by atoms with van der Waals surface area (Å²) < 4.78 is 23.1. The summed E-state index contributed by atoms with van der Waals surface area (Å²) in [7, 11) is 1.25. The fraction of sp³-hybridized carbons (Fsp3) is 0.263. The number of rotatable bonds is 4. The molecule has 0 aliphatic heterocycles. The summed E-state index contributed by atoms with van der Waals surface area (Å²) in [5, 5.41) is 0.144. The normalized spacial score (nSPS) is 18.6. The molecule has 3 rings (SSSR count). The molecule has 2 aromatic rings. The Kier molecular flexibility index (Phi) is 4.95. The number of benzene rings is 2. The molecular formula is C19H15Cl2FO4. The van der Waals surface area contributed by atoms with Gasteiger partial charge in [0, 0.05) is 5.56 Å². The number of methoxy groups -OCH3 is 1. The molecule has 0 spiro atoms. The van der Waals surface area contributed by atoms with Gasteiger partial charge in [-0.05, 0) is 42.7 Å². The first kappa shape index (κ1) is 18.7. The van der Waals surface area contributed by atoms with E-state index in [9.17, 15) is 14.0 Å². The molecule has 0 N–H and O–H groups in total.